The third-order valence-corrected chi connectivity index (χ3v) is 2.38. The van der Waals surface area contributed by atoms with Crippen LogP contribution in [0.5, 0.6) is 0 Å². The second-order valence-corrected chi connectivity index (χ2v) is 3.32. The first-order valence-corrected chi connectivity index (χ1v) is 4.46. The van der Waals surface area contributed by atoms with Crippen LogP contribution < -0.4 is 0 Å². The standard InChI is InChI=1S/C10H11N3/c11-7-10-12-5-6-13(10)8-9-3-1-2-4-9/h1-2,5-6,9H,3-4,8H2. The number of nitriles is 1. The summed E-state index contributed by atoms with van der Waals surface area (Å²) in [6, 6.07) is 2.08. The summed E-state index contributed by atoms with van der Waals surface area (Å²) in [5.41, 5.74) is 0. The predicted molar refractivity (Wildman–Crippen MR) is 48.8 cm³/mol. The van der Waals surface area contributed by atoms with Gasteiger partial charge >= 0.3 is 0 Å². The van der Waals surface area contributed by atoms with E-state index >= 15 is 0 Å². The highest BCUT2D eigenvalue weighted by Crippen LogP contribution is 2.19. The highest BCUT2D eigenvalue weighted by atomic mass is 15.1. The molecule has 0 amide bonds. The minimum atomic E-state index is 0.520. The molecule has 1 aromatic heterocycles. The molecule has 0 aromatic carbocycles. The lowest BCUT2D eigenvalue weighted by Crippen LogP contribution is -2.08. The molecule has 0 bridgehead atoms. The van der Waals surface area contributed by atoms with E-state index in [1.165, 1.54) is 0 Å². The summed E-state index contributed by atoms with van der Waals surface area (Å²) in [7, 11) is 0. The van der Waals surface area contributed by atoms with Crippen molar-refractivity contribution in [2.45, 2.75) is 19.4 Å². The van der Waals surface area contributed by atoms with Crippen molar-refractivity contribution in [3.63, 3.8) is 0 Å². The molecular weight excluding hydrogens is 162 g/mol. The maximum atomic E-state index is 8.73. The topological polar surface area (TPSA) is 41.6 Å². The van der Waals surface area contributed by atoms with Crippen LogP contribution in [-0.2, 0) is 6.54 Å². The zero-order valence-corrected chi connectivity index (χ0v) is 7.35. The van der Waals surface area contributed by atoms with E-state index in [1.807, 2.05) is 10.8 Å². The van der Waals surface area contributed by atoms with Crippen LogP contribution in [0.4, 0.5) is 0 Å². The molecule has 66 valence electrons. The minimum absolute atomic E-state index is 0.520. The smallest absolute Gasteiger partial charge is 0.212 e. The number of aromatic nitrogens is 2. The maximum absolute atomic E-state index is 8.73. The summed E-state index contributed by atoms with van der Waals surface area (Å²) in [6.45, 7) is 0.913. The molecule has 2 rings (SSSR count). The van der Waals surface area contributed by atoms with Crippen molar-refractivity contribution in [2.75, 3.05) is 0 Å². The van der Waals surface area contributed by atoms with Crippen LogP contribution in [0.25, 0.3) is 0 Å². The average Bonchev–Trinajstić information content (AvgIpc) is 2.76. The summed E-state index contributed by atoms with van der Waals surface area (Å²) in [5, 5.41) is 8.73. The fourth-order valence-electron chi connectivity index (χ4n) is 1.67. The first-order valence-electron chi connectivity index (χ1n) is 4.46. The van der Waals surface area contributed by atoms with Gasteiger partial charge < -0.3 is 4.57 Å². The quantitative estimate of drug-likeness (QED) is 0.639. The molecule has 0 unspecified atom stereocenters. The number of rotatable bonds is 2. The number of hydrogen-bond donors (Lipinski definition) is 0. The van der Waals surface area contributed by atoms with E-state index in [-0.39, 0.29) is 0 Å². The Hall–Kier alpha value is -1.56. The van der Waals surface area contributed by atoms with E-state index in [4.69, 9.17) is 5.26 Å². The van der Waals surface area contributed by atoms with Gasteiger partial charge in [0, 0.05) is 18.9 Å². The van der Waals surface area contributed by atoms with E-state index in [9.17, 15) is 0 Å². The van der Waals surface area contributed by atoms with Crippen LogP contribution in [0, 0.1) is 17.2 Å². The molecule has 1 aliphatic carbocycles. The van der Waals surface area contributed by atoms with Gasteiger partial charge in [-0.05, 0) is 18.8 Å². The van der Waals surface area contributed by atoms with E-state index in [1.54, 1.807) is 6.20 Å². The average molecular weight is 173 g/mol. The number of nitrogens with zero attached hydrogens (tertiary/aromatic N) is 3. The van der Waals surface area contributed by atoms with Crippen molar-refractivity contribution >= 4 is 0 Å². The summed E-state index contributed by atoms with van der Waals surface area (Å²) < 4.78 is 1.93. The fraction of sp³-hybridized carbons (Fsp3) is 0.400. The van der Waals surface area contributed by atoms with Crippen molar-refractivity contribution < 1.29 is 0 Å². The summed E-state index contributed by atoms with van der Waals surface area (Å²) in [6.07, 6.45) is 10.2. The summed E-state index contributed by atoms with van der Waals surface area (Å²) in [4.78, 5) is 3.96. The Bertz CT molecular complexity index is 348. The Morgan fingerprint density at radius 1 is 1.54 bits per heavy atom. The van der Waals surface area contributed by atoms with Gasteiger partial charge in [-0.15, -0.1) is 0 Å². The van der Waals surface area contributed by atoms with Crippen LogP contribution >= 0.6 is 0 Å². The molecule has 13 heavy (non-hydrogen) atoms. The molecule has 0 fully saturated rings. The normalized spacial score (nSPS) is 16.2. The third kappa shape index (κ3) is 1.62. The van der Waals surface area contributed by atoms with Gasteiger partial charge in [-0.2, -0.15) is 5.26 Å². The SMILES string of the molecule is N#Cc1nccn1CC1CC=CC1. The van der Waals surface area contributed by atoms with Crippen LogP contribution in [0.1, 0.15) is 18.7 Å². The van der Waals surface area contributed by atoms with Crippen LogP contribution in [-0.4, -0.2) is 9.55 Å². The second-order valence-electron chi connectivity index (χ2n) is 3.32. The molecule has 1 aliphatic rings. The van der Waals surface area contributed by atoms with Gasteiger partial charge in [0.1, 0.15) is 6.07 Å². The molecule has 0 N–H and O–H groups in total. The van der Waals surface area contributed by atoms with E-state index in [0.717, 1.165) is 19.4 Å². The molecule has 0 aliphatic heterocycles. The van der Waals surface area contributed by atoms with E-state index in [0.29, 0.717) is 11.7 Å². The maximum Gasteiger partial charge on any atom is 0.212 e. The van der Waals surface area contributed by atoms with Crippen molar-refractivity contribution in [1.82, 2.24) is 9.55 Å². The van der Waals surface area contributed by atoms with Gasteiger partial charge in [0.2, 0.25) is 5.82 Å². The lowest BCUT2D eigenvalue weighted by atomic mass is 10.1. The van der Waals surface area contributed by atoms with Gasteiger partial charge in [0.05, 0.1) is 0 Å². The zero-order chi connectivity index (χ0) is 9.10. The fourth-order valence-corrected chi connectivity index (χ4v) is 1.67. The van der Waals surface area contributed by atoms with Gasteiger partial charge in [-0.1, -0.05) is 12.2 Å². The van der Waals surface area contributed by atoms with Crippen LogP contribution in [0.3, 0.4) is 0 Å². The Morgan fingerprint density at radius 2 is 2.31 bits per heavy atom. The third-order valence-electron chi connectivity index (χ3n) is 2.38. The molecule has 3 heteroatoms. The Morgan fingerprint density at radius 3 is 3.00 bits per heavy atom. The Labute approximate surface area is 77.3 Å². The molecule has 1 heterocycles. The number of hydrogen-bond acceptors (Lipinski definition) is 2. The molecule has 0 radical (unpaired) electrons. The van der Waals surface area contributed by atoms with Crippen LogP contribution in [0.15, 0.2) is 24.5 Å². The van der Waals surface area contributed by atoms with Crippen LogP contribution in [0.2, 0.25) is 0 Å². The monoisotopic (exact) mass is 173 g/mol. The van der Waals surface area contributed by atoms with Gasteiger partial charge in [-0.3, -0.25) is 0 Å². The lowest BCUT2D eigenvalue weighted by Gasteiger charge is -2.09. The van der Waals surface area contributed by atoms with Gasteiger partial charge in [0.15, 0.2) is 0 Å². The Kier molecular flexibility index (Phi) is 2.13. The number of imidazole rings is 1. The largest absolute Gasteiger partial charge is 0.322 e. The van der Waals surface area contributed by atoms with Gasteiger partial charge in [0.25, 0.3) is 0 Å². The number of allylic oxidation sites excluding steroid dienone is 2. The zero-order valence-electron chi connectivity index (χ0n) is 7.35. The van der Waals surface area contributed by atoms with Crippen molar-refractivity contribution in [3.05, 3.63) is 30.4 Å². The first-order chi connectivity index (χ1) is 6.40. The molecule has 1 aromatic rings. The molecule has 3 nitrogen and oxygen atoms in total. The minimum Gasteiger partial charge on any atom is -0.322 e. The summed E-state index contributed by atoms with van der Waals surface area (Å²) in [5.74, 6) is 1.17. The first kappa shape index (κ1) is 8.06. The lowest BCUT2D eigenvalue weighted by molar-refractivity contribution is 0.468. The predicted octanol–water partition coefficient (Wildman–Crippen LogP) is 1.72. The van der Waals surface area contributed by atoms with Crippen molar-refractivity contribution in [2.24, 2.45) is 5.92 Å². The van der Waals surface area contributed by atoms with Gasteiger partial charge in [-0.25, -0.2) is 4.98 Å². The molecular formula is C10H11N3. The van der Waals surface area contributed by atoms with E-state index < -0.39 is 0 Å². The Balaban J connectivity index is 2.05. The highest BCUT2D eigenvalue weighted by Gasteiger charge is 2.12. The summed E-state index contributed by atoms with van der Waals surface area (Å²) >= 11 is 0. The highest BCUT2D eigenvalue weighted by molar-refractivity contribution is 5.11. The second kappa shape index (κ2) is 3.44. The van der Waals surface area contributed by atoms with E-state index in [2.05, 4.69) is 23.2 Å². The molecule has 0 saturated carbocycles. The van der Waals surface area contributed by atoms with Crippen molar-refractivity contribution in [1.29, 1.82) is 5.26 Å². The molecule has 0 saturated heterocycles. The van der Waals surface area contributed by atoms with Crippen molar-refractivity contribution in [3.8, 4) is 6.07 Å². The molecule has 0 atom stereocenters. The molecule has 0 spiro atoms.